The summed E-state index contributed by atoms with van der Waals surface area (Å²) < 4.78 is 12.1. The molecule has 3 rings (SSSR count). The Morgan fingerprint density at radius 2 is 1.97 bits per heavy atom. The van der Waals surface area contributed by atoms with Gasteiger partial charge in [0.15, 0.2) is 5.76 Å². The largest absolute Gasteiger partial charge is 1.00 e. The van der Waals surface area contributed by atoms with Crippen LogP contribution in [0.25, 0.3) is 11.3 Å². The van der Waals surface area contributed by atoms with Crippen LogP contribution in [0, 0.1) is 0 Å². The Labute approximate surface area is 220 Å². The number of carbonyl (C=O) groups excluding carboxylic acids is 2. The Kier molecular flexibility index (Phi) is 9.14. The molecular weight excluding hydrogens is 437 g/mol. The molecule has 1 aromatic carbocycles. The van der Waals surface area contributed by atoms with Crippen molar-refractivity contribution in [2.45, 2.75) is 26.3 Å². The predicted octanol–water partition coefficient (Wildman–Crippen LogP) is -0.236. The average Bonchev–Trinajstić information content (AvgIpc) is 3.30. The fourth-order valence-electron chi connectivity index (χ4n) is 2.79. The first-order chi connectivity index (χ1) is 13.9. The van der Waals surface area contributed by atoms with Crippen molar-refractivity contribution in [3.8, 4) is 17.0 Å². The summed E-state index contributed by atoms with van der Waals surface area (Å²) >= 11 is 6.36. The summed E-state index contributed by atoms with van der Waals surface area (Å²) in [6.45, 7) is 2.43. The van der Waals surface area contributed by atoms with Crippen LogP contribution < -0.4 is 66.5 Å². The average molecular weight is 456 g/mol. The van der Waals surface area contributed by atoms with Gasteiger partial charge in [-0.2, -0.15) is 0 Å². The van der Waals surface area contributed by atoms with E-state index in [9.17, 15) is 14.7 Å². The minimum atomic E-state index is -1.35. The van der Waals surface area contributed by atoms with E-state index in [1.54, 1.807) is 42.1 Å². The summed E-state index contributed by atoms with van der Waals surface area (Å²) in [6, 6.07) is 7.17. The van der Waals surface area contributed by atoms with E-state index in [4.69, 9.17) is 20.9 Å². The van der Waals surface area contributed by atoms with Gasteiger partial charge in [0.1, 0.15) is 16.5 Å². The van der Waals surface area contributed by atoms with Gasteiger partial charge >= 0.3 is 51.4 Å². The Hall–Kier alpha value is -1.62. The van der Waals surface area contributed by atoms with Crippen molar-refractivity contribution in [2.24, 2.45) is 0 Å². The molecule has 0 spiro atoms. The number of ether oxygens (including phenoxy) is 1. The second-order valence-electron chi connectivity index (χ2n) is 6.25. The molecule has 0 aliphatic rings. The smallest absolute Gasteiger partial charge is 0.545 e. The minimum Gasteiger partial charge on any atom is -0.545 e. The molecule has 0 saturated heterocycles. The first kappa shape index (κ1) is 24.6. The molecule has 0 aliphatic carbocycles. The maximum atomic E-state index is 12.3. The molecule has 0 bridgehead atoms. The third-order valence-corrected chi connectivity index (χ3v) is 4.77. The number of nitrogens with one attached hydrogen (secondary N) is 1. The molecule has 0 radical (unpaired) electrons. The van der Waals surface area contributed by atoms with Crippen molar-refractivity contribution < 1.29 is 75.3 Å². The number of nitrogens with zero attached hydrogens (tertiary/aromatic N) is 2. The standard InChI is InChI=1S/C20H20ClN3O5.K/c1-3-24-10-14(20(26)27)15(11-24)22-17(25)9-8-16-18(21)19(23-29-16)12-4-6-13(28-2)7-5-12;/h4-7,10-11H,3,8-9H2,1-2H3,(H,22,25)(H,26,27);/q;+1/p-1. The van der Waals surface area contributed by atoms with E-state index in [0.29, 0.717) is 28.8 Å². The number of hydrogen-bond acceptors (Lipinski definition) is 6. The number of methoxy groups -OCH3 is 1. The summed E-state index contributed by atoms with van der Waals surface area (Å²) in [5.74, 6) is -0.647. The van der Waals surface area contributed by atoms with Crippen LogP contribution in [0.4, 0.5) is 5.69 Å². The molecular formula is C20H19ClKN3O5. The van der Waals surface area contributed by atoms with Gasteiger partial charge in [0.05, 0.1) is 18.8 Å². The van der Waals surface area contributed by atoms with Gasteiger partial charge in [-0.15, -0.1) is 0 Å². The van der Waals surface area contributed by atoms with E-state index < -0.39 is 5.97 Å². The molecule has 0 aliphatic heterocycles. The van der Waals surface area contributed by atoms with Crippen molar-refractivity contribution in [1.29, 1.82) is 0 Å². The number of amides is 1. The molecule has 0 saturated carbocycles. The molecule has 152 valence electrons. The molecule has 1 N–H and O–H groups in total. The van der Waals surface area contributed by atoms with Gasteiger partial charge in [-0.25, -0.2) is 0 Å². The third kappa shape index (κ3) is 5.74. The molecule has 2 aromatic heterocycles. The number of carboxylic acids is 1. The molecule has 0 unspecified atom stereocenters. The molecule has 8 nitrogen and oxygen atoms in total. The number of anilines is 1. The molecule has 0 fully saturated rings. The fraction of sp³-hybridized carbons (Fsp3) is 0.250. The number of carboxylic acid groups (broad SMARTS) is 1. The number of hydrogen-bond donors (Lipinski definition) is 1. The van der Waals surface area contributed by atoms with E-state index in [1.165, 1.54) is 6.20 Å². The quantitative estimate of drug-likeness (QED) is 0.470. The van der Waals surface area contributed by atoms with E-state index in [-0.39, 0.29) is 81.4 Å². The van der Waals surface area contributed by atoms with Crippen molar-refractivity contribution in [3.05, 3.63) is 53.0 Å². The molecule has 1 amide bonds. The number of benzene rings is 1. The van der Waals surface area contributed by atoms with E-state index in [2.05, 4.69) is 10.5 Å². The topological polar surface area (TPSA) is 109 Å². The molecule has 10 heteroatoms. The van der Waals surface area contributed by atoms with Crippen LogP contribution in [-0.4, -0.2) is 28.7 Å². The monoisotopic (exact) mass is 455 g/mol. The van der Waals surface area contributed by atoms with Gasteiger partial charge in [-0.1, -0.05) is 16.8 Å². The number of rotatable bonds is 8. The zero-order chi connectivity index (χ0) is 21.0. The van der Waals surface area contributed by atoms with Crippen LogP contribution in [0.3, 0.4) is 0 Å². The number of aromatic nitrogens is 2. The minimum absolute atomic E-state index is 0. The predicted molar refractivity (Wildman–Crippen MR) is 105 cm³/mol. The first-order valence-corrected chi connectivity index (χ1v) is 9.30. The van der Waals surface area contributed by atoms with Crippen molar-refractivity contribution >= 4 is 29.2 Å². The van der Waals surface area contributed by atoms with Crippen LogP contribution >= 0.6 is 11.6 Å². The number of carbonyl (C=O) groups is 2. The Morgan fingerprint density at radius 3 is 2.57 bits per heavy atom. The second-order valence-corrected chi connectivity index (χ2v) is 6.63. The zero-order valence-electron chi connectivity index (χ0n) is 16.9. The normalized spacial score (nSPS) is 10.4. The van der Waals surface area contributed by atoms with Crippen LogP contribution in [0.5, 0.6) is 5.75 Å². The maximum absolute atomic E-state index is 12.3. The van der Waals surface area contributed by atoms with Gasteiger partial charge in [-0.3, -0.25) is 4.79 Å². The molecule has 3 aromatic rings. The van der Waals surface area contributed by atoms with Crippen LogP contribution in [0.2, 0.25) is 5.02 Å². The second kappa shape index (κ2) is 11.1. The Morgan fingerprint density at radius 1 is 1.27 bits per heavy atom. The number of halogens is 1. The zero-order valence-corrected chi connectivity index (χ0v) is 20.8. The maximum Gasteiger partial charge on any atom is 1.00 e. The van der Waals surface area contributed by atoms with E-state index in [1.807, 2.05) is 6.92 Å². The van der Waals surface area contributed by atoms with Gasteiger partial charge in [-0.05, 0) is 31.2 Å². The van der Waals surface area contributed by atoms with Crippen LogP contribution in [0.15, 0.2) is 41.2 Å². The van der Waals surface area contributed by atoms with Gasteiger partial charge in [0.25, 0.3) is 0 Å². The van der Waals surface area contributed by atoms with Crippen molar-refractivity contribution in [3.63, 3.8) is 0 Å². The summed E-state index contributed by atoms with van der Waals surface area (Å²) in [4.78, 5) is 23.5. The number of aryl methyl sites for hydroxylation is 2. The SMILES string of the molecule is CCn1cc(NC(=O)CCc2onc(-c3ccc(OC)cc3)c2Cl)c(C(=O)[O-])c1.[K+]. The van der Waals surface area contributed by atoms with Crippen molar-refractivity contribution in [1.82, 2.24) is 9.72 Å². The number of aromatic carboxylic acids is 1. The Balaban J connectivity index is 0.00000320. The first-order valence-electron chi connectivity index (χ1n) is 8.92. The van der Waals surface area contributed by atoms with Crippen LogP contribution in [-0.2, 0) is 17.8 Å². The van der Waals surface area contributed by atoms with Crippen LogP contribution in [0.1, 0.15) is 29.5 Å². The molecule has 30 heavy (non-hydrogen) atoms. The summed E-state index contributed by atoms with van der Waals surface area (Å²) in [7, 11) is 1.58. The van der Waals surface area contributed by atoms with Gasteiger partial charge in [0, 0.05) is 42.9 Å². The summed E-state index contributed by atoms with van der Waals surface area (Å²) in [5, 5.41) is 18.1. The summed E-state index contributed by atoms with van der Waals surface area (Å²) in [5.41, 5.74) is 1.36. The van der Waals surface area contributed by atoms with E-state index in [0.717, 1.165) is 5.56 Å². The fourth-order valence-corrected chi connectivity index (χ4v) is 3.06. The Bertz CT molecular complexity index is 1030. The molecule has 2 heterocycles. The molecule has 0 atom stereocenters. The van der Waals surface area contributed by atoms with Gasteiger partial charge < -0.3 is 29.0 Å². The van der Waals surface area contributed by atoms with Gasteiger partial charge in [0.2, 0.25) is 5.91 Å². The summed E-state index contributed by atoms with van der Waals surface area (Å²) in [6.07, 6.45) is 3.22. The van der Waals surface area contributed by atoms with E-state index >= 15 is 0 Å². The third-order valence-electron chi connectivity index (χ3n) is 4.38. The van der Waals surface area contributed by atoms with Crippen molar-refractivity contribution in [2.75, 3.05) is 12.4 Å².